The summed E-state index contributed by atoms with van der Waals surface area (Å²) in [5, 5.41) is 2.43. The van der Waals surface area contributed by atoms with Crippen molar-refractivity contribution in [1.29, 1.82) is 0 Å². The number of fused-ring (bicyclic) bond motifs is 2. The molecule has 0 aromatic heterocycles. The average Bonchev–Trinajstić information content (AvgIpc) is 3.34. The van der Waals surface area contributed by atoms with E-state index in [-0.39, 0.29) is 24.7 Å². The number of nitrogens with one attached hydrogen (secondary N) is 1. The van der Waals surface area contributed by atoms with Crippen molar-refractivity contribution in [1.82, 2.24) is 5.32 Å². The van der Waals surface area contributed by atoms with Gasteiger partial charge in [0, 0.05) is 11.6 Å². The van der Waals surface area contributed by atoms with E-state index in [0.717, 1.165) is 0 Å². The summed E-state index contributed by atoms with van der Waals surface area (Å²) >= 11 is 0. The molecular formula is C26H29NO10. The van der Waals surface area contributed by atoms with Crippen molar-refractivity contribution in [3.05, 3.63) is 47.5 Å². The van der Waals surface area contributed by atoms with Crippen LogP contribution in [0.2, 0.25) is 0 Å². The van der Waals surface area contributed by atoms with Gasteiger partial charge in [-0.15, -0.1) is 0 Å². The minimum Gasteiger partial charge on any atom is -0.497 e. The number of hydrogen-bond acceptors (Lipinski definition) is 10. The van der Waals surface area contributed by atoms with E-state index in [1.165, 1.54) is 20.3 Å². The van der Waals surface area contributed by atoms with Gasteiger partial charge in [-0.3, -0.25) is 4.79 Å². The molecule has 2 heterocycles. The fraction of sp³-hybridized carbons (Fsp3) is 0.423. The number of ether oxygens (including phenoxy) is 7. The number of carbonyl (C=O) groups is 3. The molecule has 0 saturated carbocycles. The van der Waals surface area contributed by atoms with Crippen LogP contribution in [0, 0.1) is 0 Å². The van der Waals surface area contributed by atoms with E-state index in [0.29, 0.717) is 22.8 Å². The van der Waals surface area contributed by atoms with Crippen molar-refractivity contribution < 1.29 is 47.5 Å². The summed E-state index contributed by atoms with van der Waals surface area (Å²) in [4.78, 5) is 38.7. The number of ketones is 1. The number of hydrogen-bond donors (Lipinski definition) is 1. The first-order valence-electron chi connectivity index (χ1n) is 11.6. The topological polar surface area (TPSA) is 128 Å². The number of alkyl carbamates (subject to hydrolysis) is 1. The average molecular weight is 516 g/mol. The van der Waals surface area contributed by atoms with Gasteiger partial charge < -0.3 is 38.5 Å². The van der Waals surface area contributed by atoms with Crippen LogP contribution in [-0.2, 0) is 19.0 Å². The molecule has 0 aliphatic carbocycles. The van der Waals surface area contributed by atoms with Gasteiger partial charge in [0.1, 0.15) is 11.5 Å². The summed E-state index contributed by atoms with van der Waals surface area (Å²) in [7, 11) is 2.69. The van der Waals surface area contributed by atoms with E-state index in [2.05, 4.69) is 5.32 Å². The van der Waals surface area contributed by atoms with E-state index in [4.69, 9.17) is 33.2 Å². The van der Waals surface area contributed by atoms with Crippen LogP contribution >= 0.6 is 0 Å². The Labute approximate surface area is 213 Å². The molecule has 37 heavy (non-hydrogen) atoms. The van der Waals surface area contributed by atoms with Crippen molar-refractivity contribution in [3.63, 3.8) is 0 Å². The number of esters is 1. The maximum atomic E-state index is 13.5. The van der Waals surface area contributed by atoms with Gasteiger partial charge in [-0.05, 0) is 45.0 Å². The summed E-state index contributed by atoms with van der Waals surface area (Å²) in [6.45, 7) is 5.33. The first-order chi connectivity index (χ1) is 17.6. The second-order valence-electron chi connectivity index (χ2n) is 9.35. The lowest BCUT2D eigenvalue weighted by atomic mass is 9.93. The molecule has 11 heteroatoms. The molecule has 0 spiro atoms. The van der Waals surface area contributed by atoms with Gasteiger partial charge >= 0.3 is 12.1 Å². The Morgan fingerprint density at radius 2 is 1.81 bits per heavy atom. The number of carbonyl (C=O) groups excluding carboxylic acids is 3. The summed E-state index contributed by atoms with van der Waals surface area (Å²) in [6.07, 6.45) is -3.41. The van der Waals surface area contributed by atoms with E-state index < -0.39 is 41.7 Å². The Morgan fingerprint density at radius 3 is 2.51 bits per heavy atom. The Balaban J connectivity index is 1.61. The minimum absolute atomic E-state index is 0.0666. The number of Topliss-reactive ketones (excluding diaryl/α,β-unsaturated/α-hetero) is 1. The second kappa shape index (κ2) is 10.6. The summed E-state index contributed by atoms with van der Waals surface area (Å²) in [6, 6.07) is 8.61. The van der Waals surface area contributed by atoms with Crippen LogP contribution in [0.5, 0.6) is 23.0 Å². The molecule has 1 N–H and O–H groups in total. The summed E-state index contributed by atoms with van der Waals surface area (Å²) in [5.74, 6) is 0.576. The molecule has 0 saturated heterocycles. The SMILES string of the molecule is COC(=O)[C@H](COC(C)(C)C)NC(=O)OC1C(=O)c2ccc(OC)cc2O[C@@H]1c1ccc2c(c1)OCO2. The number of methoxy groups -OCH3 is 2. The molecule has 2 aromatic rings. The monoisotopic (exact) mass is 515 g/mol. The lowest BCUT2D eigenvalue weighted by Crippen LogP contribution is -2.49. The quantitative estimate of drug-likeness (QED) is 0.549. The van der Waals surface area contributed by atoms with Crippen molar-refractivity contribution >= 4 is 17.8 Å². The first kappa shape index (κ1) is 26.1. The lowest BCUT2D eigenvalue weighted by Gasteiger charge is -2.33. The van der Waals surface area contributed by atoms with E-state index >= 15 is 0 Å². The van der Waals surface area contributed by atoms with Gasteiger partial charge in [0.2, 0.25) is 18.7 Å². The van der Waals surface area contributed by atoms with Crippen LogP contribution in [0.4, 0.5) is 4.79 Å². The molecule has 1 amide bonds. The zero-order chi connectivity index (χ0) is 26.7. The third kappa shape index (κ3) is 5.88. The standard InChI is InChI=1S/C26H29NO10/c1-26(2,3)35-12-17(24(29)32-5)27-25(30)37-23-21(28)16-8-7-15(31-4)11-19(16)36-22(23)14-6-9-18-20(10-14)34-13-33-18/h6-11,17,22-23H,12-13H2,1-5H3,(H,27,30)/t17-,22+,23?/m0/s1. The highest BCUT2D eigenvalue weighted by molar-refractivity contribution is 6.04. The van der Waals surface area contributed by atoms with Crippen molar-refractivity contribution in [2.45, 2.75) is 44.6 Å². The van der Waals surface area contributed by atoms with Crippen molar-refractivity contribution in [2.75, 3.05) is 27.6 Å². The summed E-state index contributed by atoms with van der Waals surface area (Å²) in [5.41, 5.74) is 0.167. The van der Waals surface area contributed by atoms with Crippen LogP contribution in [0.25, 0.3) is 0 Å². The molecule has 11 nitrogen and oxygen atoms in total. The van der Waals surface area contributed by atoms with Crippen molar-refractivity contribution in [3.8, 4) is 23.0 Å². The zero-order valence-electron chi connectivity index (χ0n) is 21.2. The van der Waals surface area contributed by atoms with Gasteiger partial charge in [-0.2, -0.15) is 0 Å². The molecule has 2 aromatic carbocycles. The highest BCUT2D eigenvalue weighted by Crippen LogP contribution is 2.41. The first-order valence-corrected chi connectivity index (χ1v) is 11.6. The van der Waals surface area contributed by atoms with Gasteiger partial charge in [0.05, 0.1) is 32.0 Å². The second-order valence-corrected chi connectivity index (χ2v) is 9.35. The summed E-state index contributed by atoms with van der Waals surface area (Å²) < 4.78 is 38.2. The molecule has 198 valence electrons. The Bertz CT molecular complexity index is 1190. The molecule has 3 atom stereocenters. The molecule has 2 aliphatic heterocycles. The molecule has 1 unspecified atom stereocenters. The highest BCUT2D eigenvalue weighted by Gasteiger charge is 2.42. The predicted molar refractivity (Wildman–Crippen MR) is 128 cm³/mol. The van der Waals surface area contributed by atoms with Crippen LogP contribution < -0.4 is 24.3 Å². The zero-order valence-corrected chi connectivity index (χ0v) is 21.2. The minimum atomic E-state index is -1.37. The van der Waals surface area contributed by atoms with E-state index in [9.17, 15) is 14.4 Å². The third-order valence-electron chi connectivity index (χ3n) is 5.66. The van der Waals surface area contributed by atoms with Gasteiger partial charge in [0.15, 0.2) is 23.6 Å². The number of rotatable bonds is 7. The van der Waals surface area contributed by atoms with Crippen LogP contribution in [0.15, 0.2) is 36.4 Å². The Kier molecular flexibility index (Phi) is 7.44. The Morgan fingerprint density at radius 1 is 1.05 bits per heavy atom. The molecule has 0 bridgehead atoms. The smallest absolute Gasteiger partial charge is 0.408 e. The third-order valence-corrected chi connectivity index (χ3v) is 5.66. The van der Waals surface area contributed by atoms with E-state index in [1.54, 1.807) is 51.1 Å². The van der Waals surface area contributed by atoms with Gasteiger partial charge in [-0.25, -0.2) is 9.59 Å². The van der Waals surface area contributed by atoms with Gasteiger partial charge in [-0.1, -0.05) is 6.07 Å². The van der Waals surface area contributed by atoms with Crippen LogP contribution in [0.3, 0.4) is 0 Å². The van der Waals surface area contributed by atoms with Crippen LogP contribution in [0.1, 0.15) is 42.8 Å². The largest absolute Gasteiger partial charge is 0.497 e. The Hall–Kier alpha value is -3.99. The molecular weight excluding hydrogens is 486 g/mol. The molecule has 4 rings (SSSR count). The molecule has 0 radical (unpaired) electrons. The molecule has 2 aliphatic rings. The highest BCUT2D eigenvalue weighted by atomic mass is 16.7. The van der Waals surface area contributed by atoms with E-state index in [1.807, 2.05) is 0 Å². The van der Waals surface area contributed by atoms with Crippen LogP contribution in [-0.4, -0.2) is 63.2 Å². The number of benzene rings is 2. The van der Waals surface area contributed by atoms with Gasteiger partial charge in [0.25, 0.3) is 0 Å². The number of amides is 1. The fourth-order valence-corrected chi connectivity index (χ4v) is 3.80. The predicted octanol–water partition coefficient (Wildman–Crippen LogP) is 3.19. The molecule has 0 fully saturated rings. The fourth-order valence-electron chi connectivity index (χ4n) is 3.80. The normalized spacial score (nSPS) is 18.8. The lowest BCUT2D eigenvalue weighted by molar-refractivity contribution is -0.146. The maximum Gasteiger partial charge on any atom is 0.408 e. The maximum absolute atomic E-state index is 13.5. The van der Waals surface area contributed by atoms with Crippen molar-refractivity contribution in [2.24, 2.45) is 0 Å².